The largest absolute Gasteiger partial charge is 0.490 e. The summed E-state index contributed by atoms with van der Waals surface area (Å²) >= 11 is 2.01. The highest BCUT2D eigenvalue weighted by atomic mass is 32.2. The molecule has 0 N–H and O–H groups in total. The smallest absolute Gasteiger partial charge is 0.129 e. The first-order valence-corrected chi connectivity index (χ1v) is 8.20. The molecule has 0 fully saturated rings. The summed E-state index contributed by atoms with van der Waals surface area (Å²) in [4.78, 5) is 0. The van der Waals surface area contributed by atoms with Crippen LogP contribution in [0.3, 0.4) is 0 Å². The Morgan fingerprint density at radius 1 is 1.26 bits per heavy atom. The van der Waals surface area contributed by atoms with Crippen molar-refractivity contribution >= 4 is 22.7 Å². The molecule has 0 unspecified atom stereocenters. The predicted molar refractivity (Wildman–Crippen MR) is 85.3 cm³/mol. The number of thioether (sulfide) groups is 1. The van der Waals surface area contributed by atoms with E-state index in [0.717, 1.165) is 12.3 Å². The monoisotopic (exact) mass is 277 g/mol. The van der Waals surface area contributed by atoms with Gasteiger partial charge in [-0.15, -0.1) is 0 Å². The highest BCUT2D eigenvalue weighted by molar-refractivity contribution is 7.99. The van der Waals surface area contributed by atoms with E-state index in [1.54, 1.807) is 0 Å². The van der Waals surface area contributed by atoms with E-state index in [4.69, 9.17) is 4.74 Å². The van der Waals surface area contributed by atoms with Crippen LogP contribution in [0.5, 0.6) is 5.75 Å². The number of aromatic nitrogens is 1. The molecule has 0 bridgehead atoms. The fraction of sp³-hybridized carbons (Fsp3) is 0.500. The van der Waals surface area contributed by atoms with Crippen molar-refractivity contribution in [1.29, 1.82) is 0 Å². The summed E-state index contributed by atoms with van der Waals surface area (Å²) in [7, 11) is 0. The number of hydrogen-bond acceptors (Lipinski definition) is 2. The van der Waals surface area contributed by atoms with Gasteiger partial charge in [0.25, 0.3) is 0 Å². The Morgan fingerprint density at radius 2 is 2.11 bits per heavy atom. The van der Waals surface area contributed by atoms with Gasteiger partial charge in [-0.3, -0.25) is 0 Å². The number of hydrogen-bond donors (Lipinski definition) is 0. The molecular weight excluding hydrogens is 254 g/mol. The minimum Gasteiger partial charge on any atom is -0.490 e. The van der Waals surface area contributed by atoms with Gasteiger partial charge in [-0.05, 0) is 50.0 Å². The van der Waals surface area contributed by atoms with Crippen molar-refractivity contribution in [2.75, 3.05) is 11.5 Å². The molecule has 1 aromatic carbocycles. The highest BCUT2D eigenvalue weighted by Crippen LogP contribution is 2.27. The Bertz CT molecular complexity index is 518. The Labute approximate surface area is 120 Å². The zero-order chi connectivity index (χ0) is 13.7. The summed E-state index contributed by atoms with van der Waals surface area (Å²) in [6.45, 7) is 7.43. The zero-order valence-electron chi connectivity index (χ0n) is 12.1. The maximum atomic E-state index is 5.87. The lowest BCUT2D eigenvalue weighted by molar-refractivity contribution is 0.245. The number of rotatable bonds is 7. The number of fused-ring (bicyclic) bond motifs is 1. The first-order chi connectivity index (χ1) is 9.22. The van der Waals surface area contributed by atoms with Crippen molar-refractivity contribution in [2.24, 2.45) is 0 Å². The van der Waals surface area contributed by atoms with Gasteiger partial charge in [0.05, 0.1) is 11.6 Å². The minimum atomic E-state index is 0.218. The van der Waals surface area contributed by atoms with Crippen LogP contribution in [0.4, 0.5) is 0 Å². The van der Waals surface area contributed by atoms with Crippen LogP contribution in [-0.2, 0) is 6.54 Å². The van der Waals surface area contributed by atoms with Crippen LogP contribution in [0.1, 0.15) is 27.2 Å². The lowest BCUT2D eigenvalue weighted by atomic mass is 10.2. The Hall–Kier alpha value is -1.09. The number of benzene rings is 1. The Morgan fingerprint density at radius 3 is 2.84 bits per heavy atom. The van der Waals surface area contributed by atoms with E-state index in [2.05, 4.69) is 55.8 Å². The Kier molecular flexibility index (Phi) is 5.20. The van der Waals surface area contributed by atoms with E-state index >= 15 is 0 Å². The van der Waals surface area contributed by atoms with Gasteiger partial charge < -0.3 is 9.30 Å². The van der Waals surface area contributed by atoms with Gasteiger partial charge in [-0.25, -0.2) is 0 Å². The predicted octanol–water partition coefficient (Wildman–Crippen LogP) is 4.57. The second-order valence-electron chi connectivity index (χ2n) is 4.92. The van der Waals surface area contributed by atoms with Crippen LogP contribution in [0, 0.1) is 0 Å². The van der Waals surface area contributed by atoms with Crippen LogP contribution in [-0.4, -0.2) is 22.2 Å². The normalized spacial score (nSPS) is 11.4. The highest BCUT2D eigenvalue weighted by Gasteiger charge is 2.07. The molecule has 0 saturated heterocycles. The average molecular weight is 277 g/mol. The topological polar surface area (TPSA) is 14.2 Å². The van der Waals surface area contributed by atoms with Gasteiger partial charge in [-0.1, -0.05) is 13.0 Å². The average Bonchev–Trinajstić information content (AvgIpc) is 2.79. The SMILES string of the molecule is CCSCCCn1ccc2c(OC(C)C)cccc21. The van der Waals surface area contributed by atoms with Crippen molar-refractivity contribution < 1.29 is 4.74 Å². The standard InChI is InChI=1S/C16H23NOS/c1-4-19-12-6-10-17-11-9-14-15(17)7-5-8-16(14)18-13(2)3/h5,7-9,11,13H,4,6,10,12H2,1-3H3. The summed E-state index contributed by atoms with van der Waals surface area (Å²) in [6.07, 6.45) is 3.61. The van der Waals surface area contributed by atoms with Gasteiger partial charge in [0.15, 0.2) is 0 Å². The molecule has 0 spiro atoms. The molecule has 2 nitrogen and oxygen atoms in total. The summed E-state index contributed by atoms with van der Waals surface area (Å²) in [6, 6.07) is 8.48. The first-order valence-electron chi connectivity index (χ1n) is 7.04. The molecule has 0 atom stereocenters. The van der Waals surface area contributed by atoms with E-state index in [9.17, 15) is 0 Å². The van der Waals surface area contributed by atoms with Crippen LogP contribution >= 0.6 is 11.8 Å². The Balaban J connectivity index is 2.14. The van der Waals surface area contributed by atoms with Crippen LogP contribution in [0.2, 0.25) is 0 Å². The maximum Gasteiger partial charge on any atom is 0.129 e. The number of nitrogens with zero attached hydrogens (tertiary/aromatic N) is 1. The van der Waals surface area contributed by atoms with Crippen molar-refractivity contribution in [2.45, 2.75) is 39.8 Å². The van der Waals surface area contributed by atoms with Crippen molar-refractivity contribution in [1.82, 2.24) is 4.57 Å². The number of aryl methyl sites for hydroxylation is 1. The van der Waals surface area contributed by atoms with Crippen LogP contribution < -0.4 is 4.74 Å². The van der Waals surface area contributed by atoms with Gasteiger partial charge in [0, 0.05) is 18.1 Å². The summed E-state index contributed by atoms with van der Waals surface area (Å²) in [5, 5.41) is 1.22. The third kappa shape index (κ3) is 3.69. The second kappa shape index (κ2) is 6.90. The van der Waals surface area contributed by atoms with Gasteiger partial charge >= 0.3 is 0 Å². The molecule has 104 valence electrons. The molecule has 3 heteroatoms. The van der Waals surface area contributed by atoms with Gasteiger partial charge in [-0.2, -0.15) is 11.8 Å². The lowest BCUT2D eigenvalue weighted by Crippen LogP contribution is -2.05. The fourth-order valence-electron chi connectivity index (χ4n) is 2.23. The third-order valence-electron chi connectivity index (χ3n) is 3.03. The molecule has 0 aliphatic heterocycles. The van der Waals surface area contributed by atoms with E-state index in [-0.39, 0.29) is 6.10 Å². The van der Waals surface area contributed by atoms with Crippen LogP contribution in [0.15, 0.2) is 30.5 Å². The molecule has 1 heterocycles. The van der Waals surface area contributed by atoms with Crippen molar-refractivity contribution in [3.63, 3.8) is 0 Å². The number of ether oxygens (including phenoxy) is 1. The molecule has 19 heavy (non-hydrogen) atoms. The fourth-order valence-corrected chi connectivity index (χ4v) is 2.85. The molecule has 0 saturated carbocycles. The molecule has 0 amide bonds. The second-order valence-corrected chi connectivity index (χ2v) is 6.31. The van der Waals surface area contributed by atoms with E-state index < -0.39 is 0 Å². The van der Waals surface area contributed by atoms with E-state index in [1.807, 2.05) is 11.8 Å². The first kappa shape index (κ1) is 14.3. The van der Waals surface area contributed by atoms with Crippen molar-refractivity contribution in [3.05, 3.63) is 30.5 Å². The third-order valence-corrected chi connectivity index (χ3v) is 4.01. The van der Waals surface area contributed by atoms with Crippen molar-refractivity contribution in [3.8, 4) is 5.75 Å². The molecule has 2 rings (SSSR count). The van der Waals surface area contributed by atoms with E-state index in [1.165, 1.54) is 28.8 Å². The lowest BCUT2D eigenvalue weighted by Gasteiger charge is -2.11. The van der Waals surface area contributed by atoms with E-state index in [0.29, 0.717) is 0 Å². The summed E-state index contributed by atoms with van der Waals surface area (Å²) in [5.74, 6) is 3.44. The molecule has 1 aromatic heterocycles. The molecule has 2 aromatic rings. The summed E-state index contributed by atoms with van der Waals surface area (Å²) in [5.41, 5.74) is 1.28. The minimum absolute atomic E-state index is 0.218. The molecule has 0 radical (unpaired) electrons. The van der Waals surface area contributed by atoms with Crippen LogP contribution in [0.25, 0.3) is 10.9 Å². The maximum absolute atomic E-state index is 5.87. The molecule has 0 aliphatic carbocycles. The van der Waals surface area contributed by atoms with Gasteiger partial charge in [0.1, 0.15) is 5.75 Å². The zero-order valence-corrected chi connectivity index (χ0v) is 12.9. The molecule has 0 aliphatic rings. The van der Waals surface area contributed by atoms with Gasteiger partial charge in [0.2, 0.25) is 0 Å². The molecular formula is C16H23NOS. The quantitative estimate of drug-likeness (QED) is 0.688. The summed E-state index contributed by atoms with van der Waals surface area (Å²) < 4.78 is 8.20.